The van der Waals surface area contributed by atoms with E-state index in [0.29, 0.717) is 18.7 Å². The topological polar surface area (TPSA) is 60.5 Å². The maximum Gasteiger partial charge on any atom is 0.251 e. The zero-order valence-corrected chi connectivity index (χ0v) is 12.2. The number of nitrogens with zero attached hydrogens (tertiary/aromatic N) is 1. The molecule has 114 valence electrons. The first-order valence-electron chi connectivity index (χ1n) is 7.77. The summed E-state index contributed by atoms with van der Waals surface area (Å²) < 4.78 is 12.0. The molecule has 2 heterocycles. The van der Waals surface area contributed by atoms with Gasteiger partial charge >= 0.3 is 0 Å². The maximum absolute atomic E-state index is 12.0. The molecule has 1 atom stereocenters. The zero-order chi connectivity index (χ0) is 14.5. The Kier molecular flexibility index (Phi) is 4.51. The summed E-state index contributed by atoms with van der Waals surface area (Å²) in [6.07, 6.45) is 9.98. The van der Waals surface area contributed by atoms with E-state index in [1.165, 1.54) is 12.8 Å². The number of carbonyl (C=O) groups is 1. The standard InChI is InChI=1S/C16H22N2O3/c19-15(13-5-9-17-10-6-13)18-11-14-12-20-16(21-14)7-3-1-2-4-8-16/h5-6,9-10,14H,1-4,7-8,11-12H2,(H,18,19)/t14-/m0/s1. The average molecular weight is 290 g/mol. The lowest BCUT2D eigenvalue weighted by Crippen LogP contribution is -2.36. The van der Waals surface area contributed by atoms with E-state index in [1.54, 1.807) is 24.5 Å². The molecule has 0 bridgehead atoms. The molecular formula is C16H22N2O3. The Morgan fingerprint density at radius 3 is 2.67 bits per heavy atom. The first-order chi connectivity index (χ1) is 10.3. The monoisotopic (exact) mass is 290 g/mol. The molecule has 1 spiro atoms. The molecule has 21 heavy (non-hydrogen) atoms. The summed E-state index contributed by atoms with van der Waals surface area (Å²) in [5, 5.41) is 2.91. The normalized spacial score (nSPS) is 24.7. The van der Waals surface area contributed by atoms with Crippen molar-refractivity contribution in [2.24, 2.45) is 0 Å². The lowest BCUT2D eigenvalue weighted by atomic mass is 10.1. The van der Waals surface area contributed by atoms with Gasteiger partial charge in [0.1, 0.15) is 6.10 Å². The molecule has 1 aromatic heterocycles. The molecule has 2 aliphatic rings. The van der Waals surface area contributed by atoms with Crippen LogP contribution in [0.5, 0.6) is 0 Å². The van der Waals surface area contributed by atoms with E-state index >= 15 is 0 Å². The Bertz CT molecular complexity index is 470. The second-order valence-electron chi connectivity index (χ2n) is 5.82. The van der Waals surface area contributed by atoms with Crippen molar-refractivity contribution in [3.63, 3.8) is 0 Å². The van der Waals surface area contributed by atoms with Crippen LogP contribution in [0.4, 0.5) is 0 Å². The predicted octanol–water partition coefficient (Wildman–Crippen LogP) is 2.28. The summed E-state index contributed by atoms with van der Waals surface area (Å²) in [5.74, 6) is -0.481. The number of hydrogen-bond acceptors (Lipinski definition) is 4. The maximum atomic E-state index is 12.0. The van der Waals surface area contributed by atoms with E-state index in [-0.39, 0.29) is 17.8 Å². The zero-order valence-electron chi connectivity index (χ0n) is 12.2. The molecule has 1 aliphatic heterocycles. The molecule has 0 radical (unpaired) electrons. The van der Waals surface area contributed by atoms with Crippen molar-refractivity contribution in [3.05, 3.63) is 30.1 Å². The number of rotatable bonds is 3. The molecule has 1 N–H and O–H groups in total. The van der Waals surface area contributed by atoms with Gasteiger partial charge in [0.2, 0.25) is 0 Å². The molecule has 1 saturated heterocycles. The largest absolute Gasteiger partial charge is 0.349 e. The van der Waals surface area contributed by atoms with E-state index in [2.05, 4.69) is 10.3 Å². The number of carbonyl (C=O) groups excluding carboxylic acids is 1. The highest BCUT2D eigenvalue weighted by Gasteiger charge is 2.41. The van der Waals surface area contributed by atoms with Crippen LogP contribution >= 0.6 is 0 Å². The minimum Gasteiger partial charge on any atom is -0.349 e. The molecular weight excluding hydrogens is 268 g/mol. The van der Waals surface area contributed by atoms with Crippen LogP contribution in [-0.2, 0) is 9.47 Å². The predicted molar refractivity (Wildman–Crippen MR) is 77.8 cm³/mol. The minimum atomic E-state index is -0.386. The van der Waals surface area contributed by atoms with Gasteiger partial charge in [0.15, 0.2) is 5.79 Å². The third-order valence-corrected chi connectivity index (χ3v) is 4.21. The molecule has 5 heteroatoms. The first-order valence-corrected chi connectivity index (χ1v) is 7.77. The van der Waals surface area contributed by atoms with Crippen LogP contribution in [0.15, 0.2) is 24.5 Å². The minimum absolute atomic E-state index is 0.0473. The fraction of sp³-hybridized carbons (Fsp3) is 0.625. The molecule has 3 rings (SSSR count). The van der Waals surface area contributed by atoms with E-state index in [9.17, 15) is 4.79 Å². The van der Waals surface area contributed by atoms with Crippen molar-refractivity contribution < 1.29 is 14.3 Å². The summed E-state index contributed by atoms with van der Waals surface area (Å²) >= 11 is 0. The number of nitrogens with one attached hydrogen (secondary N) is 1. The van der Waals surface area contributed by atoms with Crippen LogP contribution in [0.3, 0.4) is 0 Å². The van der Waals surface area contributed by atoms with Gasteiger partial charge in [-0.25, -0.2) is 0 Å². The van der Waals surface area contributed by atoms with Crippen LogP contribution in [0, 0.1) is 0 Å². The van der Waals surface area contributed by atoms with Crippen LogP contribution in [0.25, 0.3) is 0 Å². The molecule has 5 nitrogen and oxygen atoms in total. The van der Waals surface area contributed by atoms with E-state index < -0.39 is 0 Å². The molecule has 0 unspecified atom stereocenters. The van der Waals surface area contributed by atoms with Crippen molar-refractivity contribution in [3.8, 4) is 0 Å². The van der Waals surface area contributed by atoms with E-state index in [1.807, 2.05) is 0 Å². The van der Waals surface area contributed by atoms with Gasteiger partial charge < -0.3 is 14.8 Å². The Hall–Kier alpha value is -1.46. The van der Waals surface area contributed by atoms with Crippen molar-refractivity contribution in [2.75, 3.05) is 13.2 Å². The second kappa shape index (κ2) is 6.54. The van der Waals surface area contributed by atoms with Crippen LogP contribution in [0.2, 0.25) is 0 Å². The Morgan fingerprint density at radius 2 is 1.95 bits per heavy atom. The quantitative estimate of drug-likeness (QED) is 0.927. The summed E-state index contributed by atoms with van der Waals surface area (Å²) in [4.78, 5) is 15.9. The van der Waals surface area contributed by atoms with Crippen LogP contribution in [-0.4, -0.2) is 35.9 Å². The summed E-state index contributed by atoms with van der Waals surface area (Å²) in [5.41, 5.74) is 0.619. The smallest absolute Gasteiger partial charge is 0.251 e. The highest BCUT2D eigenvalue weighted by atomic mass is 16.7. The van der Waals surface area contributed by atoms with Crippen LogP contribution < -0.4 is 5.32 Å². The second-order valence-corrected chi connectivity index (χ2v) is 5.82. The van der Waals surface area contributed by atoms with Gasteiger partial charge in [0, 0.05) is 37.3 Å². The summed E-state index contributed by atoms with van der Waals surface area (Å²) in [7, 11) is 0. The molecule has 1 saturated carbocycles. The van der Waals surface area contributed by atoms with Crippen molar-refractivity contribution in [2.45, 2.75) is 50.4 Å². The van der Waals surface area contributed by atoms with Gasteiger partial charge in [-0.1, -0.05) is 12.8 Å². The third kappa shape index (κ3) is 3.60. The highest BCUT2D eigenvalue weighted by molar-refractivity contribution is 5.93. The number of ether oxygens (including phenoxy) is 2. The molecule has 2 fully saturated rings. The van der Waals surface area contributed by atoms with Crippen molar-refractivity contribution in [1.82, 2.24) is 10.3 Å². The van der Waals surface area contributed by atoms with Gasteiger partial charge in [-0.2, -0.15) is 0 Å². The summed E-state index contributed by atoms with van der Waals surface area (Å²) in [6.45, 7) is 1.06. The van der Waals surface area contributed by atoms with E-state index in [0.717, 1.165) is 25.7 Å². The van der Waals surface area contributed by atoms with E-state index in [4.69, 9.17) is 9.47 Å². The fourth-order valence-electron chi connectivity index (χ4n) is 3.06. The number of hydrogen-bond donors (Lipinski definition) is 1. The summed E-state index contributed by atoms with van der Waals surface area (Å²) in [6, 6.07) is 3.41. The van der Waals surface area contributed by atoms with Gasteiger partial charge in [0.25, 0.3) is 5.91 Å². The third-order valence-electron chi connectivity index (χ3n) is 4.21. The molecule has 1 aliphatic carbocycles. The number of pyridine rings is 1. The highest BCUT2D eigenvalue weighted by Crippen LogP contribution is 2.36. The SMILES string of the molecule is O=C(NC[C@H]1COC2(CCCCCC2)O1)c1ccncc1. The van der Waals surface area contributed by atoms with Gasteiger partial charge in [-0.3, -0.25) is 9.78 Å². The van der Waals surface area contributed by atoms with Gasteiger partial charge in [-0.15, -0.1) is 0 Å². The van der Waals surface area contributed by atoms with Crippen molar-refractivity contribution >= 4 is 5.91 Å². The van der Waals surface area contributed by atoms with Crippen LogP contribution in [0.1, 0.15) is 48.9 Å². The Morgan fingerprint density at radius 1 is 1.24 bits per heavy atom. The molecule has 1 amide bonds. The Balaban J connectivity index is 1.50. The fourth-order valence-corrected chi connectivity index (χ4v) is 3.06. The Labute approximate surface area is 125 Å². The lowest BCUT2D eigenvalue weighted by molar-refractivity contribution is -0.175. The average Bonchev–Trinajstić information content (AvgIpc) is 2.77. The van der Waals surface area contributed by atoms with Gasteiger partial charge in [-0.05, 0) is 25.0 Å². The molecule has 0 aromatic carbocycles. The van der Waals surface area contributed by atoms with Gasteiger partial charge in [0.05, 0.1) is 6.61 Å². The molecule has 1 aromatic rings. The number of aromatic nitrogens is 1. The number of amides is 1. The first kappa shape index (κ1) is 14.5. The van der Waals surface area contributed by atoms with Crippen molar-refractivity contribution in [1.29, 1.82) is 0 Å². The lowest BCUT2D eigenvalue weighted by Gasteiger charge is -2.26.